The van der Waals surface area contributed by atoms with Crippen molar-refractivity contribution in [3.05, 3.63) is 53.4 Å². The lowest BCUT2D eigenvalue weighted by molar-refractivity contribution is 0.174. The third-order valence-corrected chi connectivity index (χ3v) is 4.77. The van der Waals surface area contributed by atoms with Gasteiger partial charge in [0.1, 0.15) is 0 Å². The van der Waals surface area contributed by atoms with Gasteiger partial charge in [0.15, 0.2) is 0 Å². The molecule has 0 atom stereocenters. The molecule has 2 aromatic heterocycles. The maximum Gasteiger partial charge on any atom is 0.0726 e. The monoisotopic (exact) mass is 339 g/mol. The number of hydrogen-bond acceptors (Lipinski definition) is 5. The minimum atomic E-state index is 0.718. The smallest absolute Gasteiger partial charge is 0.0726 e. The number of piperidine rings is 1. The summed E-state index contributed by atoms with van der Waals surface area (Å²) in [6.45, 7) is 6.16. The molecule has 0 unspecified atom stereocenters. The Morgan fingerprint density at radius 1 is 1.04 bits per heavy atom. The largest absolute Gasteiger partial charge is 0.304 e. The van der Waals surface area contributed by atoms with Gasteiger partial charge in [0.25, 0.3) is 0 Å². The van der Waals surface area contributed by atoms with Gasteiger partial charge in [0.2, 0.25) is 0 Å². The molecule has 0 saturated carbocycles. The van der Waals surface area contributed by atoms with Crippen LogP contribution in [0, 0.1) is 12.8 Å². The van der Waals surface area contributed by atoms with Crippen molar-refractivity contribution >= 4 is 0 Å². The Morgan fingerprint density at radius 2 is 1.76 bits per heavy atom. The van der Waals surface area contributed by atoms with Gasteiger partial charge >= 0.3 is 0 Å². The maximum atomic E-state index is 4.62. The molecule has 0 N–H and O–H groups in total. The zero-order chi connectivity index (χ0) is 17.6. The lowest BCUT2D eigenvalue weighted by Gasteiger charge is -2.31. The number of aromatic nitrogens is 3. The fraction of sp³-hybridized carbons (Fsp3) is 0.550. The second kappa shape index (κ2) is 8.50. The Labute approximate surface area is 151 Å². The topological polar surface area (TPSA) is 45.2 Å². The maximum absolute atomic E-state index is 4.62. The Kier molecular flexibility index (Phi) is 6.10. The Morgan fingerprint density at radius 3 is 2.40 bits per heavy atom. The van der Waals surface area contributed by atoms with Crippen LogP contribution in [0.1, 0.15) is 35.6 Å². The minimum Gasteiger partial charge on any atom is -0.304 e. The van der Waals surface area contributed by atoms with Crippen molar-refractivity contribution in [2.45, 2.75) is 39.3 Å². The summed E-state index contributed by atoms with van der Waals surface area (Å²) in [7, 11) is 4.10. The number of aryl methyl sites for hydroxylation is 1. The van der Waals surface area contributed by atoms with Crippen LogP contribution in [0.2, 0.25) is 0 Å². The molecular formula is C20H29N5. The van der Waals surface area contributed by atoms with E-state index in [1.165, 1.54) is 18.5 Å². The Hall–Kier alpha value is -1.85. The summed E-state index contributed by atoms with van der Waals surface area (Å²) < 4.78 is 0. The first kappa shape index (κ1) is 18.0. The first-order chi connectivity index (χ1) is 12.1. The molecule has 0 radical (unpaired) electrons. The predicted molar refractivity (Wildman–Crippen MR) is 100 cm³/mol. The van der Waals surface area contributed by atoms with E-state index in [1.54, 1.807) is 0 Å². The van der Waals surface area contributed by atoms with Crippen molar-refractivity contribution in [2.24, 2.45) is 5.92 Å². The van der Waals surface area contributed by atoms with Crippen LogP contribution in [0.4, 0.5) is 0 Å². The van der Waals surface area contributed by atoms with E-state index in [-0.39, 0.29) is 0 Å². The average molecular weight is 339 g/mol. The van der Waals surface area contributed by atoms with Gasteiger partial charge in [0.05, 0.1) is 23.3 Å². The van der Waals surface area contributed by atoms with Gasteiger partial charge in [-0.05, 0) is 71.4 Å². The average Bonchev–Trinajstić information content (AvgIpc) is 2.58. The van der Waals surface area contributed by atoms with Gasteiger partial charge < -0.3 is 4.90 Å². The molecule has 3 heterocycles. The highest BCUT2D eigenvalue weighted by Crippen LogP contribution is 2.22. The predicted octanol–water partition coefficient (Wildman–Crippen LogP) is 2.70. The van der Waals surface area contributed by atoms with Crippen LogP contribution in [0.3, 0.4) is 0 Å². The van der Waals surface area contributed by atoms with Gasteiger partial charge in [-0.15, -0.1) is 0 Å². The van der Waals surface area contributed by atoms with Crippen LogP contribution >= 0.6 is 0 Å². The zero-order valence-corrected chi connectivity index (χ0v) is 15.6. The summed E-state index contributed by atoms with van der Waals surface area (Å²) in [6.07, 6.45) is 7.39. The molecule has 1 aliphatic heterocycles. The lowest BCUT2D eigenvalue weighted by Crippen LogP contribution is -2.34. The molecule has 3 rings (SSSR count). The Bertz CT molecular complexity index is 660. The van der Waals surface area contributed by atoms with E-state index in [0.29, 0.717) is 0 Å². The van der Waals surface area contributed by atoms with Crippen molar-refractivity contribution in [1.29, 1.82) is 0 Å². The van der Waals surface area contributed by atoms with Crippen molar-refractivity contribution in [1.82, 2.24) is 24.8 Å². The van der Waals surface area contributed by atoms with Crippen molar-refractivity contribution in [3.8, 4) is 0 Å². The highest BCUT2D eigenvalue weighted by molar-refractivity contribution is 5.10. The molecule has 0 aliphatic carbocycles. The van der Waals surface area contributed by atoms with Crippen LogP contribution in [0.15, 0.2) is 30.6 Å². The van der Waals surface area contributed by atoms with Gasteiger partial charge in [0, 0.05) is 25.0 Å². The molecule has 1 saturated heterocycles. The Balaban J connectivity index is 1.46. The standard InChI is InChI=1S/C20H29N5/c1-16-5-4-6-18(23-16)15-25-9-7-17(8-10-25)11-19-12-22-20(13-21-19)14-24(2)3/h4-6,12-13,17H,7-11,14-15H2,1-3H3. The van der Waals surface area contributed by atoms with E-state index in [1.807, 2.05) is 12.4 Å². The first-order valence-corrected chi connectivity index (χ1v) is 9.18. The molecule has 1 aliphatic rings. The van der Waals surface area contributed by atoms with E-state index in [2.05, 4.69) is 64.0 Å². The van der Waals surface area contributed by atoms with Crippen LogP contribution < -0.4 is 0 Å². The van der Waals surface area contributed by atoms with Crippen LogP contribution in [-0.2, 0) is 19.5 Å². The summed E-state index contributed by atoms with van der Waals surface area (Å²) in [5.74, 6) is 0.718. The summed E-state index contributed by atoms with van der Waals surface area (Å²) in [5, 5.41) is 0. The zero-order valence-electron chi connectivity index (χ0n) is 15.6. The molecular weight excluding hydrogens is 310 g/mol. The molecule has 0 amide bonds. The second-order valence-corrected chi connectivity index (χ2v) is 7.43. The third kappa shape index (κ3) is 5.58. The summed E-state index contributed by atoms with van der Waals surface area (Å²) in [4.78, 5) is 18.4. The second-order valence-electron chi connectivity index (χ2n) is 7.43. The molecule has 5 heteroatoms. The third-order valence-electron chi connectivity index (χ3n) is 4.77. The number of likely N-dealkylation sites (tertiary alicyclic amines) is 1. The number of rotatable bonds is 6. The van der Waals surface area contributed by atoms with Gasteiger partial charge in [-0.2, -0.15) is 0 Å². The van der Waals surface area contributed by atoms with Crippen LogP contribution in [0.5, 0.6) is 0 Å². The van der Waals surface area contributed by atoms with Crippen molar-refractivity contribution in [2.75, 3.05) is 27.2 Å². The molecule has 0 bridgehead atoms. The van der Waals surface area contributed by atoms with E-state index in [9.17, 15) is 0 Å². The highest BCUT2D eigenvalue weighted by Gasteiger charge is 2.20. The minimum absolute atomic E-state index is 0.718. The normalized spacial score (nSPS) is 16.5. The molecule has 2 aromatic rings. The molecule has 1 fully saturated rings. The highest BCUT2D eigenvalue weighted by atomic mass is 15.1. The van der Waals surface area contributed by atoms with Gasteiger partial charge in [-0.3, -0.25) is 19.9 Å². The number of nitrogens with zero attached hydrogens (tertiary/aromatic N) is 5. The van der Waals surface area contributed by atoms with Gasteiger partial charge in [-0.1, -0.05) is 6.07 Å². The van der Waals surface area contributed by atoms with E-state index < -0.39 is 0 Å². The quantitative estimate of drug-likeness (QED) is 0.810. The molecule has 0 aromatic carbocycles. The summed E-state index contributed by atoms with van der Waals surface area (Å²) >= 11 is 0. The summed E-state index contributed by atoms with van der Waals surface area (Å²) in [6, 6.07) is 6.29. The van der Waals surface area contributed by atoms with Crippen molar-refractivity contribution in [3.63, 3.8) is 0 Å². The molecule has 25 heavy (non-hydrogen) atoms. The van der Waals surface area contributed by atoms with E-state index in [0.717, 1.165) is 55.6 Å². The van der Waals surface area contributed by atoms with Gasteiger partial charge in [-0.25, -0.2) is 0 Å². The molecule has 5 nitrogen and oxygen atoms in total. The van der Waals surface area contributed by atoms with E-state index in [4.69, 9.17) is 0 Å². The summed E-state index contributed by atoms with van der Waals surface area (Å²) in [5.41, 5.74) is 4.44. The molecule has 0 spiro atoms. The van der Waals surface area contributed by atoms with Crippen LogP contribution in [-0.4, -0.2) is 51.9 Å². The lowest BCUT2D eigenvalue weighted by atomic mass is 9.92. The number of pyridine rings is 1. The SMILES string of the molecule is Cc1cccc(CN2CCC(Cc3cnc(CN(C)C)cn3)CC2)n1. The van der Waals surface area contributed by atoms with Crippen molar-refractivity contribution < 1.29 is 0 Å². The molecule has 134 valence electrons. The van der Waals surface area contributed by atoms with E-state index >= 15 is 0 Å². The van der Waals surface area contributed by atoms with Crippen LogP contribution in [0.25, 0.3) is 0 Å². The first-order valence-electron chi connectivity index (χ1n) is 9.18. The fourth-order valence-corrected chi connectivity index (χ4v) is 3.45. The fourth-order valence-electron chi connectivity index (χ4n) is 3.45. The number of hydrogen-bond donors (Lipinski definition) is 0.